The second kappa shape index (κ2) is 12.7. The van der Waals surface area contributed by atoms with Crippen LogP contribution in [0.4, 0.5) is 0 Å². The molecule has 202 valence electrons. The molecule has 6 aromatic rings. The molecule has 1 unspecified atom stereocenters. The van der Waals surface area contributed by atoms with Crippen LogP contribution >= 0.6 is 11.6 Å². The van der Waals surface area contributed by atoms with Crippen molar-refractivity contribution in [3.8, 4) is 0 Å². The zero-order valence-electron chi connectivity index (χ0n) is 22.9. The summed E-state index contributed by atoms with van der Waals surface area (Å²) < 4.78 is 8.35. The Morgan fingerprint density at radius 2 is 0.561 bits per heavy atom. The standard InChI is InChI=1S/C38H33As2Cl/c41-38(40(35-25-13-4-14-26-35,36-27-15-5-16-28-36)37-29-17-6-18-30-37)31-39(32-19-7-1-8-20-32,33-21-9-2-10-22-33)34-23-11-3-12-24-34/h1-30,38H,31H2. The summed E-state index contributed by atoms with van der Waals surface area (Å²) in [5, 5.41) is 0.920. The van der Waals surface area contributed by atoms with Gasteiger partial charge in [-0.1, -0.05) is 0 Å². The first-order valence-electron chi connectivity index (χ1n) is 14.0. The van der Waals surface area contributed by atoms with Crippen LogP contribution in [0.1, 0.15) is 0 Å². The average molecular weight is 675 g/mol. The number of alkyl halides is 1. The number of rotatable bonds is 9. The minimum absolute atomic E-state index is 0.0755. The van der Waals surface area contributed by atoms with Crippen LogP contribution < -0.4 is 26.1 Å². The van der Waals surface area contributed by atoms with Crippen LogP contribution in [0.15, 0.2) is 182 Å². The molecule has 0 nitrogen and oxygen atoms in total. The molecular weight excluding hydrogens is 642 g/mol. The van der Waals surface area contributed by atoms with Gasteiger partial charge in [-0.15, -0.1) is 0 Å². The molecule has 0 aliphatic rings. The zero-order valence-corrected chi connectivity index (χ0v) is 27.4. The second-order valence-electron chi connectivity index (χ2n) is 10.2. The fourth-order valence-corrected chi connectivity index (χ4v) is 31.2. The van der Waals surface area contributed by atoms with Gasteiger partial charge in [0.2, 0.25) is 0 Å². The number of hydrogen-bond acceptors (Lipinski definition) is 0. The third-order valence-electron chi connectivity index (χ3n) is 7.93. The molecule has 1 atom stereocenters. The predicted octanol–water partition coefficient (Wildman–Crippen LogP) is 5.47. The summed E-state index contributed by atoms with van der Waals surface area (Å²) in [5.74, 6) is 0. The van der Waals surface area contributed by atoms with Gasteiger partial charge in [-0.3, -0.25) is 0 Å². The molecule has 0 saturated carbocycles. The quantitative estimate of drug-likeness (QED) is 0.141. The van der Waals surface area contributed by atoms with Gasteiger partial charge >= 0.3 is 256 Å². The molecule has 0 spiro atoms. The van der Waals surface area contributed by atoms with E-state index in [1.54, 1.807) is 0 Å². The SMILES string of the molecule is ClC(C[As](c1ccccc1)(c1ccccc1)c1ccccc1)[As](c1ccccc1)(c1ccccc1)c1ccccc1. The molecule has 3 heteroatoms. The number of hydrogen-bond donors (Lipinski definition) is 0. The van der Waals surface area contributed by atoms with Crippen LogP contribution in [0, 0.1) is 0 Å². The molecular formula is C38H33As2Cl. The van der Waals surface area contributed by atoms with Crippen molar-refractivity contribution in [1.82, 2.24) is 0 Å². The van der Waals surface area contributed by atoms with Crippen molar-refractivity contribution >= 4 is 64.8 Å². The summed E-state index contributed by atoms with van der Waals surface area (Å²) in [6.45, 7) is 0. The van der Waals surface area contributed by atoms with Crippen LogP contribution in [-0.2, 0) is 0 Å². The van der Waals surface area contributed by atoms with Gasteiger partial charge in [-0.2, -0.15) is 0 Å². The van der Waals surface area contributed by atoms with Gasteiger partial charge in [0.15, 0.2) is 0 Å². The van der Waals surface area contributed by atoms with Gasteiger partial charge in [-0.05, 0) is 0 Å². The maximum atomic E-state index is 8.16. The molecule has 0 amide bonds. The van der Waals surface area contributed by atoms with Gasteiger partial charge < -0.3 is 0 Å². The first-order chi connectivity index (χ1) is 20.3. The van der Waals surface area contributed by atoms with E-state index in [0.717, 1.165) is 5.21 Å². The van der Waals surface area contributed by atoms with Crippen molar-refractivity contribution in [3.63, 3.8) is 0 Å². The van der Waals surface area contributed by atoms with Crippen LogP contribution in [0.25, 0.3) is 0 Å². The van der Waals surface area contributed by atoms with Crippen LogP contribution in [0.3, 0.4) is 0 Å². The van der Waals surface area contributed by atoms with Crippen LogP contribution in [-0.4, -0.2) is 31.3 Å². The van der Waals surface area contributed by atoms with E-state index >= 15 is 0 Å². The molecule has 0 saturated heterocycles. The summed E-state index contributed by atoms with van der Waals surface area (Å²) in [6.07, 6.45) is 0. The molecule has 6 aromatic carbocycles. The van der Waals surface area contributed by atoms with Gasteiger partial charge in [0, 0.05) is 0 Å². The summed E-state index contributed by atoms with van der Waals surface area (Å²) >= 11 is 1.83. The zero-order chi connectivity index (χ0) is 28.0. The molecule has 2 radical (unpaired) electrons. The predicted molar refractivity (Wildman–Crippen MR) is 182 cm³/mol. The third-order valence-corrected chi connectivity index (χ3v) is 29.9. The van der Waals surface area contributed by atoms with Gasteiger partial charge in [0.05, 0.1) is 0 Å². The van der Waals surface area contributed by atoms with Crippen molar-refractivity contribution in [2.24, 2.45) is 0 Å². The summed E-state index contributed by atoms with van der Waals surface area (Å²) in [5.41, 5.74) is 0. The van der Waals surface area contributed by atoms with Gasteiger partial charge in [-0.25, -0.2) is 0 Å². The third kappa shape index (κ3) is 5.26. The molecule has 0 N–H and O–H groups in total. The van der Waals surface area contributed by atoms with E-state index in [1.165, 1.54) is 26.1 Å². The van der Waals surface area contributed by atoms with E-state index in [9.17, 15) is 0 Å². The Bertz CT molecular complexity index is 1450. The number of benzene rings is 6. The first kappa shape index (κ1) is 27.9. The van der Waals surface area contributed by atoms with E-state index in [1.807, 2.05) is 0 Å². The van der Waals surface area contributed by atoms with Crippen molar-refractivity contribution in [2.45, 2.75) is 9.37 Å². The topological polar surface area (TPSA) is 0 Å². The summed E-state index contributed by atoms with van der Waals surface area (Å²) in [4.78, 5) is 0. The Balaban J connectivity index is 1.66. The Kier molecular flexibility index (Phi) is 8.64. The second-order valence-corrected chi connectivity index (χ2v) is 26.4. The summed E-state index contributed by atoms with van der Waals surface area (Å²) in [6, 6.07) is 67.0. The number of halogens is 1. The molecule has 0 fully saturated rings. The van der Waals surface area contributed by atoms with Gasteiger partial charge in [0.1, 0.15) is 0 Å². The fraction of sp³-hybridized carbons (Fsp3) is 0.0526. The Hall–Kier alpha value is -3.27. The molecule has 0 aromatic heterocycles. The minimum atomic E-state index is -3.24. The average Bonchev–Trinajstić information content (AvgIpc) is 3.07. The Morgan fingerprint density at radius 1 is 0.341 bits per heavy atom. The molecule has 0 aliphatic carbocycles. The molecule has 41 heavy (non-hydrogen) atoms. The Morgan fingerprint density at radius 3 is 0.805 bits per heavy atom. The van der Waals surface area contributed by atoms with E-state index in [2.05, 4.69) is 182 Å². The van der Waals surface area contributed by atoms with Crippen molar-refractivity contribution < 1.29 is 0 Å². The molecule has 0 bridgehead atoms. The van der Waals surface area contributed by atoms with Crippen molar-refractivity contribution in [2.75, 3.05) is 0 Å². The molecule has 6 rings (SSSR count). The molecule has 0 heterocycles. The van der Waals surface area contributed by atoms with Crippen LogP contribution in [0.5, 0.6) is 0 Å². The summed E-state index contributed by atoms with van der Waals surface area (Å²) in [7, 11) is 0. The normalized spacial score (nSPS) is 12.5. The van der Waals surface area contributed by atoms with E-state index < -0.39 is 27.1 Å². The van der Waals surface area contributed by atoms with E-state index in [-0.39, 0.29) is 4.16 Å². The van der Waals surface area contributed by atoms with Gasteiger partial charge in [0.25, 0.3) is 0 Å². The van der Waals surface area contributed by atoms with E-state index in [4.69, 9.17) is 11.6 Å². The fourth-order valence-electron chi connectivity index (χ4n) is 6.08. The van der Waals surface area contributed by atoms with E-state index in [0.29, 0.717) is 0 Å². The monoisotopic (exact) mass is 674 g/mol. The van der Waals surface area contributed by atoms with Crippen molar-refractivity contribution in [3.05, 3.63) is 182 Å². The first-order valence-corrected chi connectivity index (χ1v) is 22.5. The van der Waals surface area contributed by atoms with Crippen LogP contribution in [0.2, 0.25) is 5.21 Å². The maximum absolute atomic E-state index is 8.16. The molecule has 0 aliphatic heterocycles. The van der Waals surface area contributed by atoms with Crippen molar-refractivity contribution in [1.29, 1.82) is 0 Å². The Labute approximate surface area is 254 Å².